The van der Waals surface area contributed by atoms with Crippen LogP contribution in [0.2, 0.25) is 0 Å². The van der Waals surface area contributed by atoms with Gasteiger partial charge in [0.1, 0.15) is 0 Å². The number of hydrogen-bond donors (Lipinski definition) is 1. The van der Waals surface area contributed by atoms with E-state index >= 15 is 0 Å². The summed E-state index contributed by atoms with van der Waals surface area (Å²) >= 11 is 0. The second-order valence-corrected chi connectivity index (χ2v) is 5.21. The number of aliphatic carboxylic acids is 1. The van der Waals surface area contributed by atoms with E-state index in [1.165, 1.54) is 44.9 Å². The Labute approximate surface area is 105 Å². The van der Waals surface area contributed by atoms with Crippen molar-refractivity contribution in [3.63, 3.8) is 0 Å². The van der Waals surface area contributed by atoms with Crippen molar-refractivity contribution in [3.8, 4) is 0 Å². The van der Waals surface area contributed by atoms with Crippen LogP contribution in [0.3, 0.4) is 0 Å². The summed E-state index contributed by atoms with van der Waals surface area (Å²) in [4.78, 5) is 11.0. The molecule has 1 aliphatic carbocycles. The highest BCUT2D eigenvalue weighted by Crippen LogP contribution is 2.22. The Hall–Kier alpha value is -0.790. The zero-order valence-electron chi connectivity index (χ0n) is 11.1. The molecule has 1 aliphatic rings. The summed E-state index contributed by atoms with van der Waals surface area (Å²) in [6.07, 6.45) is 14.6. The van der Waals surface area contributed by atoms with Gasteiger partial charge >= 0.3 is 5.97 Å². The summed E-state index contributed by atoms with van der Waals surface area (Å²) in [6, 6.07) is 0. The molecule has 0 aromatic rings. The maximum absolute atomic E-state index is 11.0. The molecule has 0 spiro atoms. The van der Waals surface area contributed by atoms with E-state index in [0.717, 1.165) is 24.8 Å². The van der Waals surface area contributed by atoms with Crippen LogP contribution in [0.4, 0.5) is 0 Å². The number of hydrogen-bond acceptors (Lipinski definition) is 1. The summed E-state index contributed by atoms with van der Waals surface area (Å²) in [5.41, 5.74) is 1.15. The molecule has 17 heavy (non-hydrogen) atoms. The number of carboxylic acid groups (broad SMARTS) is 1. The molecule has 98 valence electrons. The summed E-state index contributed by atoms with van der Waals surface area (Å²) in [6.45, 7) is 1.82. The third-order valence-corrected chi connectivity index (χ3v) is 3.75. The first-order valence-electron chi connectivity index (χ1n) is 7.13. The Morgan fingerprint density at radius 2 is 1.59 bits per heavy atom. The van der Waals surface area contributed by atoms with Gasteiger partial charge in [-0.3, -0.25) is 4.79 Å². The maximum atomic E-state index is 11.0. The number of carbonyl (C=O) groups is 1. The fraction of sp³-hybridized carbons (Fsp3) is 0.800. The van der Waals surface area contributed by atoms with Crippen molar-refractivity contribution in [1.29, 1.82) is 0 Å². The number of allylic oxidation sites excluding steroid dienone is 1. The number of rotatable bonds is 2. The highest BCUT2D eigenvalue weighted by Gasteiger charge is 2.15. The molecule has 0 radical (unpaired) electrons. The van der Waals surface area contributed by atoms with Gasteiger partial charge in [-0.25, -0.2) is 0 Å². The predicted octanol–water partition coefficient (Wildman–Crippen LogP) is 4.55. The average Bonchev–Trinajstić information content (AvgIpc) is 2.29. The van der Waals surface area contributed by atoms with Crippen LogP contribution in [0.1, 0.15) is 71.1 Å². The second-order valence-electron chi connectivity index (χ2n) is 5.21. The van der Waals surface area contributed by atoms with Crippen LogP contribution >= 0.6 is 0 Å². The molecule has 0 saturated carbocycles. The van der Waals surface area contributed by atoms with E-state index in [-0.39, 0.29) is 5.92 Å². The lowest BCUT2D eigenvalue weighted by Crippen LogP contribution is -2.12. The zero-order chi connectivity index (χ0) is 12.5. The minimum absolute atomic E-state index is 0.294. The molecule has 1 unspecified atom stereocenters. The normalized spacial score (nSPS) is 24.9. The lowest BCUT2D eigenvalue weighted by molar-refractivity contribution is -0.139. The molecule has 2 heteroatoms. The fourth-order valence-corrected chi connectivity index (χ4v) is 2.48. The molecule has 0 heterocycles. The van der Waals surface area contributed by atoms with Gasteiger partial charge in [-0.05, 0) is 32.6 Å². The Morgan fingerprint density at radius 3 is 2.18 bits per heavy atom. The summed E-state index contributed by atoms with van der Waals surface area (Å²) in [5.74, 6) is -0.971. The molecule has 0 bridgehead atoms. The topological polar surface area (TPSA) is 37.3 Å². The van der Waals surface area contributed by atoms with E-state index in [1.54, 1.807) is 0 Å². The van der Waals surface area contributed by atoms with Gasteiger partial charge in [-0.2, -0.15) is 0 Å². The molecule has 0 amide bonds. The lowest BCUT2D eigenvalue weighted by Gasteiger charge is -2.13. The standard InChI is InChI=1S/C15H26O2/c1-13(15(16)17)14-11-9-7-5-3-2-4-6-8-10-12-14/h11,13H,2-10,12H2,1H3,(H,16,17)/b14-11-. The second kappa shape index (κ2) is 8.32. The SMILES string of the molecule is CC(C(=O)O)/C1=C\CCCCCCCCCC1. The van der Waals surface area contributed by atoms with Gasteiger partial charge in [0.05, 0.1) is 5.92 Å². The van der Waals surface area contributed by atoms with Gasteiger partial charge < -0.3 is 5.11 Å². The predicted molar refractivity (Wildman–Crippen MR) is 71.1 cm³/mol. The molecule has 1 rings (SSSR count). The first kappa shape index (κ1) is 14.3. The van der Waals surface area contributed by atoms with Crippen molar-refractivity contribution in [2.45, 2.75) is 71.1 Å². The van der Waals surface area contributed by atoms with Crippen molar-refractivity contribution in [2.24, 2.45) is 5.92 Å². The first-order valence-corrected chi connectivity index (χ1v) is 7.13. The van der Waals surface area contributed by atoms with Gasteiger partial charge in [-0.1, -0.05) is 50.2 Å². The van der Waals surface area contributed by atoms with Crippen LogP contribution in [0.15, 0.2) is 11.6 Å². The van der Waals surface area contributed by atoms with Crippen LogP contribution in [0.25, 0.3) is 0 Å². The maximum Gasteiger partial charge on any atom is 0.310 e. The molecular formula is C15H26O2. The highest BCUT2D eigenvalue weighted by molar-refractivity contribution is 5.73. The molecule has 1 N–H and O–H groups in total. The van der Waals surface area contributed by atoms with E-state index in [0.29, 0.717) is 0 Å². The average molecular weight is 238 g/mol. The Bertz CT molecular complexity index is 256. The summed E-state index contributed by atoms with van der Waals surface area (Å²) in [7, 11) is 0. The number of carboxylic acids is 1. The third-order valence-electron chi connectivity index (χ3n) is 3.75. The zero-order valence-corrected chi connectivity index (χ0v) is 11.1. The van der Waals surface area contributed by atoms with Crippen molar-refractivity contribution in [2.75, 3.05) is 0 Å². The largest absolute Gasteiger partial charge is 0.481 e. The summed E-state index contributed by atoms with van der Waals surface area (Å²) < 4.78 is 0. The van der Waals surface area contributed by atoms with Crippen LogP contribution in [0.5, 0.6) is 0 Å². The van der Waals surface area contributed by atoms with Gasteiger partial charge in [-0.15, -0.1) is 0 Å². The fourth-order valence-electron chi connectivity index (χ4n) is 2.48. The van der Waals surface area contributed by atoms with Crippen molar-refractivity contribution in [1.82, 2.24) is 0 Å². The van der Waals surface area contributed by atoms with Gasteiger partial charge in [0.2, 0.25) is 0 Å². The van der Waals surface area contributed by atoms with Crippen LogP contribution in [0, 0.1) is 5.92 Å². The van der Waals surface area contributed by atoms with Crippen LogP contribution < -0.4 is 0 Å². The molecular weight excluding hydrogens is 212 g/mol. The Kier molecular flexibility index (Phi) is 6.99. The molecule has 1 atom stereocenters. The van der Waals surface area contributed by atoms with E-state index in [1.807, 2.05) is 6.92 Å². The van der Waals surface area contributed by atoms with Crippen LogP contribution in [-0.2, 0) is 4.79 Å². The van der Waals surface area contributed by atoms with Crippen molar-refractivity contribution in [3.05, 3.63) is 11.6 Å². The lowest BCUT2D eigenvalue weighted by atomic mass is 9.93. The van der Waals surface area contributed by atoms with Crippen molar-refractivity contribution >= 4 is 5.97 Å². The van der Waals surface area contributed by atoms with Crippen molar-refractivity contribution < 1.29 is 9.90 Å². The minimum atomic E-state index is -0.677. The third kappa shape index (κ3) is 5.90. The molecule has 0 aliphatic heterocycles. The smallest absolute Gasteiger partial charge is 0.310 e. The summed E-state index contributed by atoms with van der Waals surface area (Å²) in [5, 5.41) is 9.08. The van der Waals surface area contributed by atoms with Gasteiger partial charge in [0.25, 0.3) is 0 Å². The van der Waals surface area contributed by atoms with Crippen LogP contribution in [-0.4, -0.2) is 11.1 Å². The molecule has 0 fully saturated rings. The van der Waals surface area contributed by atoms with Gasteiger partial charge in [0.15, 0.2) is 0 Å². The monoisotopic (exact) mass is 238 g/mol. The quantitative estimate of drug-likeness (QED) is 0.717. The first-order chi connectivity index (χ1) is 8.22. The van der Waals surface area contributed by atoms with E-state index in [4.69, 9.17) is 5.11 Å². The van der Waals surface area contributed by atoms with E-state index in [2.05, 4.69) is 6.08 Å². The van der Waals surface area contributed by atoms with E-state index in [9.17, 15) is 4.79 Å². The Morgan fingerprint density at radius 1 is 1.06 bits per heavy atom. The molecule has 0 aromatic heterocycles. The van der Waals surface area contributed by atoms with Gasteiger partial charge in [0, 0.05) is 0 Å². The minimum Gasteiger partial charge on any atom is -0.481 e. The molecule has 0 aromatic carbocycles. The van der Waals surface area contributed by atoms with E-state index < -0.39 is 5.97 Å². The highest BCUT2D eigenvalue weighted by atomic mass is 16.4. The molecule has 2 nitrogen and oxygen atoms in total. The Balaban J connectivity index is 2.53. The molecule has 0 saturated heterocycles.